The fourth-order valence-corrected chi connectivity index (χ4v) is 2.40. The Morgan fingerprint density at radius 2 is 2.00 bits per heavy atom. The van der Waals surface area contributed by atoms with Gasteiger partial charge in [-0.25, -0.2) is 9.18 Å². The van der Waals surface area contributed by atoms with Crippen molar-refractivity contribution >= 4 is 21.9 Å². The minimum atomic E-state index is -0.395. The number of benzene rings is 2. The molecule has 0 spiro atoms. The minimum Gasteiger partial charge on any atom is -0.462 e. The number of alkyl halides is 1. The first-order chi connectivity index (χ1) is 9.67. The molecule has 0 radical (unpaired) electrons. The molecule has 2 nitrogen and oxygen atoms in total. The van der Waals surface area contributed by atoms with Crippen LogP contribution < -0.4 is 0 Å². The van der Waals surface area contributed by atoms with E-state index in [1.54, 1.807) is 37.3 Å². The summed E-state index contributed by atoms with van der Waals surface area (Å²) in [5.74, 6) is -0.689. The molecule has 2 aromatic carbocycles. The predicted octanol–water partition coefficient (Wildman–Crippen LogP) is 4.56. The first kappa shape index (κ1) is 14.7. The summed E-state index contributed by atoms with van der Waals surface area (Å²) < 4.78 is 18.9. The molecule has 0 aliphatic heterocycles. The number of carbonyl (C=O) groups excluding carboxylic acids is 1. The van der Waals surface area contributed by atoms with Crippen LogP contribution in [-0.2, 0) is 10.1 Å². The van der Waals surface area contributed by atoms with E-state index in [0.29, 0.717) is 34.2 Å². The number of rotatable bonds is 4. The maximum Gasteiger partial charge on any atom is 0.338 e. The lowest BCUT2D eigenvalue weighted by atomic mass is 9.98. The van der Waals surface area contributed by atoms with Crippen molar-refractivity contribution in [3.63, 3.8) is 0 Å². The summed E-state index contributed by atoms with van der Waals surface area (Å²) in [4.78, 5) is 11.9. The average molecular weight is 337 g/mol. The monoisotopic (exact) mass is 336 g/mol. The summed E-state index contributed by atoms with van der Waals surface area (Å²) in [6.45, 7) is 2.06. The molecule has 0 fully saturated rings. The number of ether oxygens (including phenoxy) is 1. The third kappa shape index (κ3) is 3.07. The van der Waals surface area contributed by atoms with Gasteiger partial charge in [-0.1, -0.05) is 46.3 Å². The van der Waals surface area contributed by atoms with E-state index in [9.17, 15) is 9.18 Å². The van der Waals surface area contributed by atoms with Gasteiger partial charge in [-0.3, -0.25) is 0 Å². The molecule has 20 heavy (non-hydrogen) atoms. The van der Waals surface area contributed by atoms with Crippen LogP contribution in [-0.4, -0.2) is 12.6 Å². The molecule has 0 atom stereocenters. The van der Waals surface area contributed by atoms with Crippen LogP contribution in [0.15, 0.2) is 42.5 Å². The predicted molar refractivity (Wildman–Crippen MR) is 80.4 cm³/mol. The molecule has 104 valence electrons. The average Bonchev–Trinajstić information content (AvgIpc) is 2.47. The van der Waals surface area contributed by atoms with Gasteiger partial charge in [0.2, 0.25) is 0 Å². The van der Waals surface area contributed by atoms with Gasteiger partial charge in [0.25, 0.3) is 0 Å². The molecule has 0 N–H and O–H groups in total. The Morgan fingerprint density at radius 3 is 2.65 bits per heavy atom. The Labute approximate surface area is 125 Å². The van der Waals surface area contributed by atoms with Gasteiger partial charge < -0.3 is 4.74 Å². The normalized spacial score (nSPS) is 10.3. The van der Waals surface area contributed by atoms with Crippen molar-refractivity contribution in [1.29, 1.82) is 0 Å². The third-order valence-corrected chi connectivity index (χ3v) is 3.53. The first-order valence-electron chi connectivity index (χ1n) is 6.28. The van der Waals surface area contributed by atoms with Gasteiger partial charge in [0.05, 0.1) is 12.2 Å². The highest BCUT2D eigenvalue weighted by atomic mass is 79.9. The van der Waals surface area contributed by atoms with Gasteiger partial charge in [-0.2, -0.15) is 0 Å². The number of carbonyl (C=O) groups is 1. The Kier molecular flexibility index (Phi) is 4.90. The van der Waals surface area contributed by atoms with E-state index < -0.39 is 5.97 Å². The molecule has 0 amide bonds. The molecule has 0 unspecified atom stereocenters. The minimum absolute atomic E-state index is 0.293. The van der Waals surface area contributed by atoms with Gasteiger partial charge in [0, 0.05) is 5.33 Å². The van der Waals surface area contributed by atoms with Crippen molar-refractivity contribution in [3.05, 3.63) is 59.4 Å². The van der Waals surface area contributed by atoms with Crippen molar-refractivity contribution in [2.75, 3.05) is 6.61 Å². The summed E-state index contributed by atoms with van der Waals surface area (Å²) in [5.41, 5.74) is 2.37. The van der Waals surface area contributed by atoms with Gasteiger partial charge >= 0.3 is 5.97 Å². The smallest absolute Gasteiger partial charge is 0.338 e. The van der Waals surface area contributed by atoms with Crippen molar-refractivity contribution < 1.29 is 13.9 Å². The summed E-state index contributed by atoms with van der Waals surface area (Å²) in [7, 11) is 0. The Morgan fingerprint density at radius 1 is 1.25 bits per heavy atom. The fourth-order valence-electron chi connectivity index (χ4n) is 1.94. The van der Waals surface area contributed by atoms with Crippen LogP contribution in [0.5, 0.6) is 0 Å². The van der Waals surface area contributed by atoms with Crippen LogP contribution in [0.4, 0.5) is 4.39 Å². The third-order valence-electron chi connectivity index (χ3n) is 2.93. The summed E-state index contributed by atoms with van der Waals surface area (Å²) >= 11 is 3.23. The van der Waals surface area contributed by atoms with Crippen molar-refractivity contribution in [1.82, 2.24) is 0 Å². The van der Waals surface area contributed by atoms with E-state index in [1.807, 2.05) is 6.07 Å². The highest BCUT2D eigenvalue weighted by Crippen LogP contribution is 2.26. The Balaban J connectivity index is 2.47. The van der Waals surface area contributed by atoms with Crippen LogP contribution in [0.25, 0.3) is 11.1 Å². The molecule has 2 aromatic rings. The lowest BCUT2D eigenvalue weighted by Crippen LogP contribution is -2.06. The molecule has 2 rings (SSSR count). The zero-order chi connectivity index (χ0) is 14.5. The maximum absolute atomic E-state index is 13.9. The number of halogens is 2. The van der Waals surface area contributed by atoms with Crippen LogP contribution in [0.2, 0.25) is 0 Å². The van der Waals surface area contributed by atoms with E-state index in [0.717, 1.165) is 0 Å². The number of hydrogen-bond donors (Lipinski definition) is 0. The molecule has 0 heterocycles. The quantitative estimate of drug-likeness (QED) is 0.604. The van der Waals surface area contributed by atoms with Crippen molar-refractivity contribution in [2.45, 2.75) is 12.3 Å². The lowest BCUT2D eigenvalue weighted by Gasteiger charge is -2.10. The molecule has 4 heteroatoms. The van der Waals surface area contributed by atoms with E-state index in [1.165, 1.54) is 6.07 Å². The highest BCUT2D eigenvalue weighted by molar-refractivity contribution is 9.08. The van der Waals surface area contributed by atoms with Gasteiger partial charge in [-0.15, -0.1) is 0 Å². The molecular weight excluding hydrogens is 323 g/mol. The second-order valence-corrected chi connectivity index (χ2v) is 4.77. The Hall–Kier alpha value is -1.68. The molecule has 0 bridgehead atoms. The maximum atomic E-state index is 13.9. The zero-order valence-corrected chi connectivity index (χ0v) is 12.6. The van der Waals surface area contributed by atoms with E-state index in [4.69, 9.17) is 4.74 Å². The van der Waals surface area contributed by atoms with Gasteiger partial charge in [0.1, 0.15) is 5.82 Å². The topological polar surface area (TPSA) is 26.3 Å². The van der Waals surface area contributed by atoms with Crippen LogP contribution in [0.3, 0.4) is 0 Å². The second-order valence-electron chi connectivity index (χ2n) is 4.21. The molecule has 0 aromatic heterocycles. The second kappa shape index (κ2) is 6.66. The van der Waals surface area contributed by atoms with Crippen LogP contribution in [0.1, 0.15) is 22.8 Å². The van der Waals surface area contributed by atoms with E-state index in [-0.39, 0.29) is 5.82 Å². The standard InChI is InChI=1S/C16H14BrFO2/c1-2-20-16(19)14-6-4-3-5-13(14)11-7-8-12(10-17)15(18)9-11/h3-9H,2,10H2,1H3. The molecule has 0 aliphatic carbocycles. The van der Waals surface area contributed by atoms with E-state index in [2.05, 4.69) is 15.9 Å². The SMILES string of the molecule is CCOC(=O)c1ccccc1-c1ccc(CBr)c(F)c1. The summed E-state index contributed by atoms with van der Waals surface area (Å²) in [6, 6.07) is 12.0. The van der Waals surface area contributed by atoms with Gasteiger partial charge in [-0.05, 0) is 35.7 Å². The van der Waals surface area contributed by atoms with Gasteiger partial charge in [0.15, 0.2) is 0 Å². The van der Waals surface area contributed by atoms with Crippen LogP contribution >= 0.6 is 15.9 Å². The van der Waals surface area contributed by atoms with Crippen LogP contribution in [0, 0.1) is 5.82 Å². The highest BCUT2D eigenvalue weighted by Gasteiger charge is 2.14. The molecular formula is C16H14BrFO2. The molecule has 0 saturated carbocycles. The largest absolute Gasteiger partial charge is 0.462 e. The number of esters is 1. The number of hydrogen-bond acceptors (Lipinski definition) is 2. The summed E-state index contributed by atoms with van der Waals surface area (Å²) in [6.07, 6.45) is 0. The first-order valence-corrected chi connectivity index (χ1v) is 7.40. The zero-order valence-electron chi connectivity index (χ0n) is 11.0. The fraction of sp³-hybridized carbons (Fsp3) is 0.188. The summed E-state index contributed by atoms with van der Waals surface area (Å²) in [5, 5.41) is 0.457. The Bertz CT molecular complexity index is 626. The van der Waals surface area contributed by atoms with Crippen molar-refractivity contribution in [2.24, 2.45) is 0 Å². The lowest BCUT2D eigenvalue weighted by molar-refractivity contribution is 0.0527. The molecule has 0 saturated heterocycles. The van der Waals surface area contributed by atoms with Crippen molar-refractivity contribution in [3.8, 4) is 11.1 Å². The van der Waals surface area contributed by atoms with E-state index >= 15 is 0 Å². The molecule has 0 aliphatic rings.